The number of thiocarbonyl (C=S) groups is 1. The first kappa shape index (κ1) is 17.5. The molecule has 28 heavy (non-hydrogen) atoms. The molecule has 1 N–H and O–H groups in total. The molecule has 0 bridgehead atoms. The van der Waals surface area contributed by atoms with Crippen molar-refractivity contribution in [2.75, 3.05) is 0 Å². The number of pyridine rings is 1. The van der Waals surface area contributed by atoms with Gasteiger partial charge in [0, 0.05) is 24.6 Å². The molecule has 2 atom stereocenters. The van der Waals surface area contributed by atoms with Gasteiger partial charge in [-0.1, -0.05) is 18.9 Å². The topological polar surface area (TPSA) is 46.2 Å². The van der Waals surface area contributed by atoms with Crippen molar-refractivity contribution in [2.24, 2.45) is 0 Å². The summed E-state index contributed by atoms with van der Waals surface area (Å²) in [5.74, 6) is 0.908. The fourth-order valence-corrected chi connectivity index (χ4v) is 4.85. The molecule has 1 aliphatic carbocycles. The highest BCUT2D eigenvalue weighted by atomic mass is 32.1. The number of furan rings is 1. The lowest BCUT2D eigenvalue weighted by Gasteiger charge is -2.26. The molecule has 4 heterocycles. The third kappa shape index (κ3) is 3.22. The van der Waals surface area contributed by atoms with Gasteiger partial charge in [0.15, 0.2) is 5.11 Å². The highest BCUT2D eigenvalue weighted by Crippen LogP contribution is 2.40. The van der Waals surface area contributed by atoms with E-state index in [1.54, 1.807) is 6.26 Å². The smallest absolute Gasteiger partial charge is 0.170 e. The third-order valence-electron chi connectivity index (χ3n) is 5.93. The van der Waals surface area contributed by atoms with E-state index < -0.39 is 0 Å². The van der Waals surface area contributed by atoms with E-state index in [0.717, 1.165) is 16.6 Å². The molecular weight excluding hydrogens is 368 g/mol. The van der Waals surface area contributed by atoms with Gasteiger partial charge in [0.05, 0.1) is 30.6 Å². The third-order valence-corrected chi connectivity index (χ3v) is 6.28. The maximum Gasteiger partial charge on any atom is 0.170 e. The van der Waals surface area contributed by atoms with Crippen molar-refractivity contribution in [3.8, 4) is 0 Å². The molecule has 3 aromatic heterocycles. The summed E-state index contributed by atoms with van der Waals surface area (Å²) in [6.45, 7) is 0.640. The van der Waals surface area contributed by atoms with Crippen molar-refractivity contribution in [2.45, 2.75) is 50.4 Å². The average Bonchev–Trinajstić information content (AvgIpc) is 3.51. The molecule has 2 fully saturated rings. The number of nitrogens with one attached hydrogen (secondary N) is 1. The monoisotopic (exact) mass is 392 g/mol. The van der Waals surface area contributed by atoms with E-state index in [2.05, 4.69) is 44.3 Å². The molecule has 144 valence electrons. The van der Waals surface area contributed by atoms with Crippen LogP contribution in [0.1, 0.15) is 60.8 Å². The molecule has 6 heteroatoms. The van der Waals surface area contributed by atoms with Gasteiger partial charge in [0.2, 0.25) is 0 Å². The van der Waals surface area contributed by atoms with E-state index in [-0.39, 0.29) is 12.1 Å². The van der Waals surface area contributed by atoms with Crippen molar-refractivity contribution >= 4 is 17.3 Å². The lowest BCUT2D eigenvalue weighted by molar-refractivity contribution is 0.287. The second-order valence-electron chi connectivity index (χ2n) is 7.66. The zero-order valence-corrected chi connectivity index (χ0v) is 16.5. The van der Waals surface area contributed by atoms with Crippen LogP contribution in [0, 0.1) is 0 Å². The zero-order chi connectivity index (χ0) is 18.9. The predicted molar refractivity (Wildman–Crippen MR) is 112 cm³/mol. The number of aromatic nitrogens is 2. The lowest BCUT2D eigenvalue weighted by atomic mass is 9.99. The molecule has 1 saturated carbocycles. The van der Waals surface area contributed by atoms with Crippen LogP contribution in [-0.4, -0.2) is 19.6 Å². The fourth-order valence-electron chi connectivity index (χ4n) is 4.54. The van der Waals surface area contributed by atoms with Crippen LogP contribution in [0.4, 0.5) is 0 Å². The van der Waals surface area contributed by atoms with Crippen LogP contribution < -0.4 is 5.32 Å². The molecule has 1 saturated heterocycles. The molecule has 5 rings (SSSR count). The molecule has 0 spiro atoms. The van der Waals surface area contributed by atoms with E-state index in [9.17, 15) is 0 Å². The van der Waals surface area contributed by atoms with Crippen LogP contribution in [0.5, 0.6) is 0 Å². The Bertz CT molecular complexity index is 931. The molecule has 0 amide bonds. The van der Waals surface area contributed by atoms with E-state index >= 15 is 0 Å². The molecule has 3 aromatic rings. The van der Waals surface area contributed by atoms with Crippen molar-refractivity contribution in [3.63, 3.8) is 0 Å². The van der Waals surface area contributed by atoms with Gasteiger partial charge in [0.25, 0.3) is 0 Å². The van der Waals surface area contributed by atoms with Gasteiger partial charge in [-0.05, 0) is 61.0 Å². The Hall–Kier alpha value is -2.60. The number of rotatable bonds is 5. The molecular formula is C22H24N4OS. The van der Waals surface area contributed by atoms with E-state index in [1.165, 1.54) is 31.2 Å². The minimum atomic E-state index is 0.0168. The standard InChI is InChI=1S/C22H24N4OS/c28-22-24-20(19-9-3-4-11-23-19)21(26(22)15-18-8-5-13-27-18)16-10-12-25(14-16)17-6-1-2-7-17/h3-5,8-14,17,20-21H,1-2,6-7,15H2,(H,24,28)/t20-,21-/m0/s1. The second kappa shape index (κ2) is 7.43. The molecule has 0 radical (unpaired) electrons. The van der Waals surface area contributed by atoms with E-state index in [1.807, 2.05) is 30.5 Å². The summed E-state index contributed by atoms with van der Waals surface area (Å²) in [5.41, 5.74) is 2.27. The fraction of sp³-hybridized carbons (Fsp3) is 0.364. The Balaban J connectivity index is 1.50. The first-order valence-electron chi connectivity index (χ1n) is 9.97. The molecule has 5 nitrogen and oxygen atoms in total. The Morgan fingerprint density at radius 3 is 2.79 bits per heavy atom. The van der Waals surface area contributed by atoms with E-state index in [4.69, 9.17) is 16.6 Å². The minimum Gasteiger partial charge on any atom is -0.467 e. The van der Waals surface area contributed by atoms with Crippen LogP contribution in [0.25, 0.3) is 0 Å². The van der Waals surface area contributed by atoms with Gasteiger partial charge in [-0.2, -0.15) is 0 Å². The second-order valence-corrected chi connectivity index (χ2v) is 8.05. The SMILES string of the molecule is S=C1N[C@@H](c2ccccn2)[C@H](c2ccn(C3CCCC3)c2)N1Cc1ccco1. The van der Waals surface area contributed by atoms with E-state index in [0.29, 0.717) is 12.6 Å². The number of hydrogen-bond acceptors (Lipinski definition) is 3. The summed E-state index contributed by atoms with van der Waals surface area (Å²) >= 11 is 5.72. The minimum absolute atomic E-state index is 0.0168. The molecule has 0 unspecified atom stereocenters. The summed E-state index contributed by atoms with van der Waals surface area (Å²) in [7, 11) is 0. The zero-order valence-electron chi connectivity index (χ0n) is 15.7. The Morgan fingerprint density at radius 1 is 1.14 bits per heavy atom. The van der Waals surface area contributed by atoms with Gasteiger partial charge in [-0.25, -0.2) is 0 Å². The van der Waals surface area contributed by atoms with Crippen molar-refractivity contribution in [1.29, 1.82) is 0 Å². The molecule has 1 aliphatic heterocycles. The predicted octanol–water partition coefficient (Wildman–Crippen LogP) is 4.76. The van der Waals surface area contributed by atoms with Gasteiger partial charge < -0.3 is 19.2 Å². The molecule has 2 aliphatic rings. The van der Waals surface area contributed by atoms with Crippen molar-refractivity contribution in [3.05, 3.63) is 78.3 Å². The highest BCUT2D eigenvalue weighted by molar-refractivity contribution is 7.80. The number of nitrogens with zero attached hydrogens (tertiary/aromatic N) is 3. The summed E-state index contributed by atoms with van der Waals surface area (Å²) in [6.07, 6.45) is 13.3. The maximum absolute atomic E-state index is 5.72. The first-order valence-corrected chi connectivity index (χ1v) is 10.4. The summed E-state index contributed by atoms with van der Waals surface area (Å²) < 4.78 is 8.00. The van der Waals surface area contributed by atoms with Gasteiger partial charge in [-0.3, -0.25) is 4.98 Å². The van der Waals surface area contributed by atoms with Crippen LogP contribution in [0.2, 0.25) is 0 Å². The summed E-state index contributed by atoms with van der Waals surface area (Å²) in [4.78, 5) is 6.83. The summed E-state index contributed by atoms with van der Waals surface area (Å²) in [5, 5.41) is 4.25. The van der Waals surface area contributed by atoms with Crippen LogP contribution in [-0.2, 0) is 6.54 Å². The number of hydrogen-bond donors (Lipinski definition) is 1. The average molecular weight is 393 g/mol. The molecule has 0 aromatic carbocycles. The maximum atomic E-state index is 5.72. The van der Waals surface area contributed by atoms with Crippen molar-refractivity contribution < 1.29 is 4.42 Å². The highest BCUT2D eigenvalue weighted by Gasteiger charge is 2.40. The Kier molecular flexibility index (Phi) is 4.64. The van der Waals surface area contributed by atoms with Gasteiger partial charge in [0.1, 0.15) is 5.76 Å². The quantitative estimate of drug-likeness (QED) is 0.634. The van der Waals surface area contributed by atoms with Crippen LogP contribution in [0.3, 0.4) is 0 Å². The van der Waals surface area contributed by atoms with Gasteiger partial charge in [-0.15, -0.1) is 0 Å². The van der Waals surface area contributed by atoms with Crippen LogP contribution in [0.15, 0.2) is 65.7 Å². The Labute approximate surface area is 170 Å². The largest absolute Gasteiger partial charge is 0.467 e. The van der Waals surface area contributed by atoms with Gasteiger partial charge >= 0.3 is 0 Å². The summed E-state index contributed by atoms with van der Waals surface area (Å²) in [6, 6.07) is 12.9. The van der Waals surface area contributed by atoms with Crippen LogP contribution >= 0.6 is 12.2 Å². The first-order chi connectivity index (χ1) is 13.8. The Morgan fingerprint density at radius 2 is 2.04 bits per heavy atom. The van der Waals surface area contributed by atoms with Crippen molar-refractivity contribution in [1.82, 2.24) is 19.8 Å². The normalized spacial score (nSPS) is 22.7. The lowest BCUT2D eigenvalue weighted by Crippen LogP contribution is -2.28.